The standard InChI is InChI=1S/C24H24N2O4/c1-28-21-11-8-18(9-12-21)15-24(27)26-25-16-20-10-13-22(23(14-20)29-2)30-17-19-6-4-3-5-7-19/h3-14,16H,15,17H2,1-2H3,(H,26,27)/b25-16+. The maximum Gasteiger partial charge on any atom is 0.244 e. The fourth-order valence-electron chi connectivity index (χ4n) is 2.77. The monoisotopic (exact) mass is 404 g/mol. The lowest BCUT2D eigenvalue weighted by atomic mass is 10.1. The summed E-state index contributed by atoms with van der Waals surface area (Å²) in [6, 6.07) is 22.7. The van der Waals surface area contributed by atoms with Crippen LogP contribution in [0.1, 0.15) is 16.7 Å². The highest BCUT2D eigenvalue weighted by Crippen LogP contribution is 2.28. The van der Waals surface area contributed by atoms with Gasteiger partial charge in [0.1, 0.15) is 12.4 Å². The van der Waals surface area contributed by atoms with Crippen molar-refractivity contribution >= 4 is 12.1 Å². The van der Waals surface area contributed by atoms with Crippen LogP contribution in [0.15, 0.2) is 77.9 Å². The highest BCUT2D eigenvalue weighted by Gasteiger charge is 2.06. The van der Waals surface area contributed by atoms with Gasteiger partial charge in [-0.3, -0.25) is 4.79 Å². The second-order valence-corrected chi connectivity index (χ2v) is 6.50. The Kier molecular flexibility index (Phi) is 7.44. The Bertz CT molecular complexity index is 986. The molecule has 1 N–H and O–H groups in total. The van der Waals surface area contributed by atoms with Crippen LogP contribution in [-0.4, -0.2) is 26.3 Å². The number of carbonyl (C=O) groups is 1. The van der Waals surface area contributed by atoms with Crippen LogP contribution in [0, 0.1) is 0 Å². The summed E-state index contributed by atoms with van der Waals surface area (Å²) in [6.07, 6.45) is 1.80. The van der Waals surface area contributed by atoms with E-state index in [4.69, 9.17) is 14.2 Å². The van der Waals surface area contributed by atoms with Crippen LogP contribution in [0.4, 0.5) is 0 Å². The van der Waals surface area contributed by atoms with Crippen LogP contribution in [0.25, 0.3) is 0 Å². The number of nitrogens with zero attached hydrogens (tertiary/aromatic N) is 1. The molecule has 0 heterocycles. The minimum atomic E-state index is -0.203. The third-order valence-electron chi connectivity index (χ3n) is 4.35. The van der Waals surface area contributed by atoms with Crippen molar-refractivity contribution in [1.29, 1.82) is 0 Å². The van der Waals surface area contributed by atoms with Crippen molar-refractivity contribution in [3.63, 3.8) is 0 Å². The van der Waals surface area contributed by atoms with Gasteiger partial charge in [-0.25, -0.2) is 5.43 Å². The van der Waals surface area contributed by atoms with Gasteiger partial charge < -0.3 is 14.2 Å². The molecule has 6 heteroatoms. The molecular weight excluding hydrogens is 380 g/mol. The molecule has 0 radical (unpaired) electrons. The molecule has 3 aromatic rings. The summed E-state index contributed by atoms with van der Waals surface area (Å²) < 4.78 is 16.4. The fraction of sp³-hybridized carbons (Fsp3) is 0.167. The molecule has 0 atom stereocenters. The summed E-state index contributed by atoms with van der Waals surface area (Å²) in [4.78, 5) is 12.1. The van der Waals surface area contributed by atoms with Crippen LogP contribution < -0.4 is 19.6 Å². The molecular formula is C24H24N2O4. The van der Waals surface area contributed by atoms with E-state index in [0.717, 1.165) is 22.4 Å². The molecule has 0 bridgehead atoms. The highest BCUT2D eigenvalue weighted by molar-refractivity contribution is 5.84. The van der Waals surface area contributed by atoms with E-state index in [2.05, 4.69) is 10.5 Å². The molecule has 6 nitrogen and oxygen atoms in total. The van der Waals surface area contributed by atoms with Crippen LogP contribution in [-0.2, 0) is 17.8 Å². The largest absolute Gasteiger partial charge is 0.497 e. The molecule has 3 rings (SSSR count). The molecule has 0 aliphatic carbocycles. The predicted molar refractivity (Wildman–Crippen MR) is 116 cm³/mol. The Hall–Kier alpha value is -3.80. The first-order valence-electron chi connectivity index (χ1n) is 9.47. The zero-order chi connectivity index (χ0) is 21.2. The van der Waals surface area contributed by atoms with E-state index < -0.39 is 0 Å². The summed E-state index contributed by atoms with van der Waals surface area (Å²) in [5.74, 6) is 1.79. The molecule has 30 heavy (non-hydrogen) atoms. The van der Waals surface area contributed by atoms with Crippen molar-refractivity contribution in [2.75, 3.05) is 14.2 Å². The van der Waals surface area contributed by atoms with Gasteiger partial charge >= 0.3 is 0 Å². The van der Waals surface area contributed by atoms with E-state index in [1.54, 1.807) is 26.5 Å². The summed E-state index contributed by atoms with van der Waals surface area (Å²) >= 11 is 0. The number of benzene rings is 3. The Labute approximate surface area is 176 Å². The Balaban J connectivity index is 1.54. The Morgan fingerprint density at radius 1 is 0.900 bits per heavy atom. The molecule has 0 aliphatic rings. The molecule has 0 saturated heterocycles. The average molecular weight is 404 g/mol. The number of hydrazone groups is 1. The minimum Gasteiger partial charge on any atom is -0.497 e. The zero-order valence-corrected chi connectivity index (χ0v) is 17.0. The predicted octanol–water partition coefficient (Wildman–Crippen LogP) is 3.98. The maximum atomic E-state index is 12.1. The summed E-state index contributed by atoms with van der Waals surface area (Å²) in [5, 5.41) is 4.02. The second kappa shape index (κ2) is 10.7. The van der Waals surface area contributed by atoms with Crippen molar-refractivity contribution in [2.24, 2.45) is 5.10 Å². The number of hydrogen-bond donors (Lipinski definition) is 1. The molecule has 1 amide bonds. The van der Waals surface area contributed by atoms with E-state index in [1.165, 1.54) is 0 Å². The Morgan fingerprint density at radius 3 is 2.37 bits per heavy atom. The van der Waals surface area contributed by atoms with Crippen molar-refractivity contribution in [1.82, 2.24) is 5.43 Å². The van der Waals surface area contributed by atoms with Gasteiger partial charge in [0.25, 0.3) is 0 Å². The number of amides is 1. The second-order valence-electron chi connectivity index (χ2n) is 6.50. The topological polar surface area (TPSA) is 69.2 Å². The molecule has 0 saturated carbocycles. The lowest BCUT2D eigenvalue weighted by molar-refractivity contribution is -0.120. The normalized spacial score (nSPS) is 10.6. The van der Waals surface area contributed by atoms with Crippen molar-refractivity contribution < 1.29 is 19.0 Å². The number of rotatable bonds is 9. The summed E-state index contributed by atoms with van der Waals surface area (Å²) in [7, 11) is 3.19. The molecule has 3 aromatic carbocycles. The molecule has 0 aliphatic heterocycles. The van der Waals surface area contributed by atoms with Crippen LogP contribution in [0.3, 0.4) is 0 Å². The number of methoxy groups -OCH3 is 2. The van der Waals surface area contributed by atoms with Crippen LogP contribution in [0.2, 0.25) is 0 Å². The third-order valence-corrected chi connectivity index (χ3v) is 4.35. The van der Waals surface area contributed by atoms with Gasteiger partial charge in [-0.05, 0) is 47.0 Å². The average Bonchev–Trinajstić information content (AvgIpc) is 2.79. The van der Waals surface area contributed by atoms with Gasteiger partial charge in [-0.1, -0.05) is 42.5 Å². The lowest BCUT2D eigenvalue weighted by Crippen LogP contribution is -2.19. The van der Waals surface area contributed by atoms with E-state index in [1.807, 2.05) is 66.7 Å². The van der Waals surface area contributed by atoms with Gasteiger partial charge in [0, 0.05) is 0 Å². The van der Waals surface area contributed by atoms with Gasteiger partial charge in [-0.2, -0.15) is 5.10 Å². The highest BCUT2D eigenvalue weighted by atomic mass is 16.5. The smallest absolute Gasteiger partial charge is 0.244 e. The van der Waals surface area contributed by atoms with E-state index in [-0.39, 0.29) is 12.3 Å². The summed E-state index contributed by atoms with van der Waals surface area (Å²) in [6.45, 7) is 0.450. The van der Waals surface area contributed by atoms with Crippen molar-refractivity contribution in [3.05, 3.63) is 89.5 Å². The van der Waals surface area contributed by atoms with Gasteiger partial charge in [0.2, 0.25) is 5.91 Å². The fourth-order valence-corrected chi connectivity index (χ4v) is 2.77. The first-order valence-corrected chi connectivity index (χ1v) is 9.47. The molecule has 0 aromatic heterocycles. The van der Waals surface area contributed by atoms with Crippen molar-refractivity contribution in [2.45, 2.75) is 13.0 Å². The van der Waals surface area contributed by atoms with Gasteiger partial charge in [0.05, 0.1) is 26.9 Å². The lowest BCUT2D eigenvalue weighted by Gasteiger charge is -2.11. The first-order chi connectivity index (χ1) is 14.7. The Morgan fingerprint density at radius 2 is 1.67 bits per heavy atom. The zero-order valence-electron chi connectivity index (χ0n) is 17.0. The summed E-state index contributed by atoms with van der Waals surface area (Å²) in [5.41, 5.74) is 5.27. The quantitative estimate of drug-likeness (QED) is 0.433. The van der Waals surface area contributed by atoms with Gasteiger partial charge in [-0.15, -0.1) is 0 Å². The van der Waals surface area contributed by atoms with Gasteiger partial charge in [0.15, 0.2) is 11.5 Å². The first kappa shape index (κ1) is 20.9. The van der Waals surface area contributed by atoms with Crippen LogP contribution >= 0.6 is 0 Å². The third kappa shape index (κ3) is 6.10. The minimum absolute atomic E-state index is 0.203. The molecule has 154 valence electrons. The SMILES string of the molecule is COc1ccc(CC(=O)N/N=C/c2ccc(OCc3ccccc3)c(OC)c2)cc1. The van der Waals surface area contributed by atoms with E-state index >= 15 is 0 Å². The van der Waals surface area contributed by atoms with Crippen LogP contribution in [0.5, 0.6) is 17.2 Å². The molecule has 0 fully saturated rings. The van der Waals surface area contributed by atoms with E-state index in [0.29, 0.717) is 18.1 Å². The number of hydrogen-bond acceptors (Lipinski definition) is 5. The molecule has 0 unspecified atom stereocenters. The molecule has 0 spiro atoms. The number of ether oxygens (including phenoxy) is 3. The van der Waals surface area contributed by atoms with E-state index in [9.17, 15) is 4.79 Å². The van der Waals surface area contributed by atoms with Crippen molar-refractivity contribution in [3.8, 4) is 17.2 Å². The number of nitrogens with one attached hydrogen (secondary N) is 1. The maximum absolute atomic E-state index is 12.1. The number of carbonyl (C=O) groups excluding carboxylic acids is 1.